The number of hydrogen-bond donors (Lipinski definition) is 2. The summed E-state index contributed by atoms with van der Waals surface area (Å²) >= 11 is 0. The molecule has 2 N–H and O–H groups in total. The molecule has 0 saturated heterocycles. The molecule has 0 bridgehead atoms. The number of nitrogens with zero attached hydrogens (tertiary/aromatic N) is 2. The standard InChI is InChI=1S/C19H19F3N4O4S/c1-26(2)31(29,30)16-9-5-14(6-10-16)18(28)23-12-17(27)25-24-11-13-3-7-15(8-4-13)19(20,21)22/h3-11H,12H2,1-2H3,(H,23,28)(H,25,27)/b24-11-. The minimum absolute atomic E-state index is 0.0180. The second-order valence-corrected chi connectivity index (χ2v) is 8.56. The molecular weight excluding hydrogens is 437 g/mol. The van der Waals surface area contributed by atoms with E-state index in [1.54, 1.807) is 0 Å². The van der Waals surface area contributed by atoms with Gasteiger partial charge in [0.05, 0.1) is 23.2 Å². The number of rotatable bonds is 7. The maximum absolute atomic E-state index is 12.5. The number of sulfonamides is 1. The van der Waals surface area contributed by atoms with Crippen LogP contribution in [0.5, 0.6) is 0 Å². The lowest BCUT2D eigenvalue weighted by Crippen LogP contribution is -2.34. The van der Waals surface area contributed by atoms with E-state index >= 15 is 0 Å². The third kappa shape index (κ3) is 6.62. The number of halogens is 3. The highest BCUT2D eigenvalue weighted by Crippen LogP contribution is 2.28. The molecule has 2 rings (SSSR count). The van der Waals surface area contributed by atoms with Crippen molar-refractivity contribution >= 4 is 28.1 Å². The SMILES string of the molecule is CN(C)S(=O)(=O)c1ccc(C(=O)NCC(=O)N/N=C\c2ccc(C(F)(F)F)cc2)cc1. The van der Waals surface area contributed by atoms with Crippen LogP contribution in [0.2, 0.25) is 0 Å². The van der Waals surface area contributed by atoms with Gasteiger partial charge in [-0.15, -0.1) is 0 Å². The third-order valence-corrected chi connectivity index (χ3v) is 5.77. The summed E-state index contributed by atoms with van der Waals surface area (Å²) in [5.41, 5.74) is 1.82. The molecule has 0 heterocycles. The van der Waals surface area contributed by atoms with Crippen LogP contribution < -0.4 is 10.7 Å². The Balaban J connectivity index is 1.85. The first kappa shape index (κ1) is 24.0. The van der Waals surface area contributed by atoms with Crippen LogP contribution in [0, 0.1) is 0 Å². The first-order chi connectivity index (χ1) is 14.4. The Hall–Kier alpha value is -3.25. The number of benzene rings is 2. The molecule has 0 radical (unpaired) electrons. The van der Waals surface area contributed by atoms with Gasteiger partial charge in [-0.2, -0.15) is 18.3 Å². The molecule has 0 saturated carbocycles. The molecule has 166 valence electrons. The Morgan fingerprint density at radius 3 is 2.13 bits per heavy atom. The van der Waals surface area contributed by atoms with Crippen molar-refractivity contribution in [2.45, 2.75) is 11.1 Å². The highest BCUT2D eigenvalue weighted by atomic mass is 32.2. The molecule has 8 nitrogen and oxygen atoms in total. The van der Waals surface area contributed by atoms with E-state index in [1.165, 1.54) is 50.5 Å². The third-order valence-electron chi connectivity index (χ3n) is 3.95. The summed E-state index contributed by atoms with van der Waals surface area (Å²) in [4.78, 5) is 23.8. The molecule has 0 atom stereocenters. The van der Waals surface area contributed by atoms with Crippen molar-refractivity contribution in [3.8, 4) is 0 Å². The van der Waals surface area contributed by atoms with Gasteiger partial charge in [-0.25, -0.2) is 18.1 Å². The first-order valence-electron chi connectivity index (χ1n) is 8.71. The minimum atomic E-state index is -4.44. The largest absolute Gasteiger partial charge is 0.416 e. The lowest BCUT2D eigenvalue weighted by molar-refractivity contribution is -0.137. The van der Waals surface area contributed by atoms with Crippen LogP contribution in [-0.4, -0.2) is 51.4 Å². The maximum Gasteiger partial charge on any atom is 0.416 e. The highest BCUT2D eigenvalue weighted by molar-refractivity contribution is 7.89. The van der Waals surface area contributed by atoms with Gasteiger partial charge in [-0.05, 0) is 42.0 Å². The van der Waals surface area contributed by atoms with Gasteiger partial charge in [0, 0.05) is 19.7 Å². The summed E-state index contributed by atoms with van der Waals surface area (Å²) in [6.45, 7) is -0.416. The Morgan fingerprint density at radius 2 is 1.61 bits per heavy atom. The van der Waals surface area contributed by atoms with Crippen molar-refractivity contribution < 1.29 is 31.2 Å². The van der Waals surface area contributed by atoms with Gasteiger partial charge in [0.1, 0.15) is 0 Å². The van der Waals surface area contributed by atoms with Gasteiger partial charge in [-0.3, -0.25) is 9.59 Å². The topological polar surface area (TPSA) is 108 Å². The molecule has 0 unspecified atom stereocenters. The predicted octanol–water partition coefficient (Wildman–Crippen LogP) is 1.84. The molecule has 0 fully saturated rings. The normalized spacial score (nSPS) is 12.2. The Morgan fingerprint density at radius 1 is 1.03 bits per heavy atom. The Kier molecular flexibility index (Phi) is 7.52. The molecule has 2 aromatic rings. The summed E-state index contributed by atoms with van der Waals surface area (Å²) in [7, 11) is -0.855. The van der Waals surface area contributed by atoms with Gasteiger partial charge < -0.3 is 5.32 Å². The minimum Gasteiger partial charge on any atom is -0.343 e. The maximum atomic E-state index is 12.5. The molecule has 31 heavy (non-hydrogen) atoms. The molecule has 0 aliphatic rings. The Bertz CT molecular complexity index is 1060. The number of amides is 2. The van der Waals surface area contributed by atoms with Gasteiger partial charge >= 0.3 is 6.18 Å². The predicted molar refractivity (Wildman–Crippen MR) is 107 cm³/mol. The number of hydrazone groups is 1. The van der Waals surface area contributed by atoms with E-state index in [2.05, 4.69) is 15.8 Å². The van der Waals surface area contributed by atoms with Gasteiger partial charge in [-0.1, -0.05) is 12.1 Å². The second kappa shape index (κ2) is 9.71. The van der Waals surface area contributed by atoms with Gasteiger partial charge in [0.15, 0.2) is 0 Å². The van der Waals surface area contributed by atoms with E-state index in [-0.39, 0.29) is 10.5 Å². The van der Waals surface area contributed by atoms with Crippen LogP contribution in [0.3, 0.4) is 0 Å². The molecule has 0 spiro atoms. The van der Waals surface area contributed by atoms with Crippen molar-refractivity contribution in [2.24, 2.45) is 5.10 Å². The molecule has 2 aromatic carbocycles. The molecular formula is C19H19F3N4O4S. The fourth-order valence-electron chi connectivity index (χ4n) is 2.23. The number of carbonyl (C=O) groups excluding carboxylic acids is 2. The first-order valence-corrected chi connectivity index (χ1v) is 10.2. The summed E-state index contributed by atoms with van der Waals surface area (Å²) in [5.74, 6) is -1.26. The van der Waals surface area contributed by atoms with E-state index in [1.807, 2.05) is 0 Å². The van der Waals surface area contributed by atoms with Gasteiger partial charge in [0.25, 0.3) is 11.8 Å². The average molecular weight is 456 g/mol. The monoisotopic (exact) mass is 456 g/mol. The second-order valence-electron chi connectivity index (χ2n) is 6.41. The van der Waals surface area contributed by atoms with E-state index in [0.29, 0.717) is 5.56 Å². The van der Waals surface area contributed by atoms with E-state index in [4.69, 9.17) is 0 Å². The molecule has 2 amide bonds. The van der Waals surface area contributed by atoms with Crippen molar-refractivity contribution in [3.63, 3.8) is 0 Å². The fraction of sp³-hybridized carbons (Fsp3) is 0.211. The summed E-state index contributed by atoms with van der Waals surface area (Å²) in [6.07, 6.45) is -3.28. The average Bonchev–Trinajstić information content (AvgIpc) is 2.71. The number of nitrogens with one attached hydrogen (secondary N) is 2. The summed E-state index contributed by atoms with van der Waals surface area (Å²) in [6, 6.07) is 9.34. The number of carbonyl (C=O) groups is 2. The quantitative estimate of drug-likeness (QED) is 0.490. The fourth-order valence-corrected chi connectivity index (χ4v) is 3.13. The number of hydrogen-bond acceptors (Lipinski definition) is 5. The van der Waals surface area contributed by atoms with Crippen LogP contribution >= 0.6 is 0 Å². The van der Waals surface area contributed by atoms with Crippen LogP contribution in [-0.2, 0) is 21.0 Å². The van der Waals surface area contributed by atoms with Gasteiger partial charge in [0.2, 0.25) is 10.0 Å². The van der Waals surface area contributed by atoms with E-state index < -0.39 is 40.1 Å². The molecule has 0 aromatic heterocycles. The lowest BCUT2D eigenvalue weighted by Gasteiger charge is -2.11. The number of alkyl halides is 3. The van der Waals surface area contributed by atoms with Crippen molar-refractivity contribution in [1.29, 1.82) is 0 Å². The van der Waals surface area contributed by atoms with Crippen molar-refractivity contribution in [2.75, 3.05) is 20.6 Å². The molecule has 0 aliphatic heterocycles. The molecule has 12 heteroatoms. The molecule has 0 aliphatic carbocycles. The summed E-state index contributed by atoms with van der Waals surface area (Å²) < 4.78 is 62.5. The zero-order valence-corrected chi connectivity index (χ0v) is 17.3. The highest BCUT2D eigenvalue weighted by Gasteiger charge is 2.29. The van der Waals surface area contributed by atoms with Crippen molar-refractivity contribution in [1.82, 2.24) is 15.0 Å². The van der Waals surface area contributed by atoms with E-state index in [9.17, 15) is 31.2 Å². The van der Waals surface area contributed by atoms with Crippen LogP contribution in [0.25, 0.3) is 0 Å². The summed E-state index contributed by atoms with van der Waals surface area (Å²) in [5, 5.41) is 5.95. The van der Waals surface area contributed by atoms with E-state index in [0.717, 1.165) is 22.7 Å². The lowest BCUT2D eigenvalue weighted by atomic mass is 10.1. The zero-order chi connectivity index (χ0) is 23.2. The Labute approximate surface area is 176 Å². The smallest absolute Gasteiger partial charge is 0.343 e. The van der Waals surface area contributed by atoms with Crippen LogP contribution in [0.4, 0.5) is 13.2 Å². The van der Waals surface area contributed by atoms with Crippen LogP contribution in [0.15, 0.2) is 58.5 Å². The van der Waals surface area contributed by atoms with Crippen molar-refractivity contribution in [3.05, 3.63) is 65.2 Å². The zero-order valence-electron chi connectivity index (χ0n) is 16.5. The van der Waals surface area contributed by atoms with Crippen LogP contribution in [0.1, 0.15) is 21.5 Å².